The molecular formula is C5H11N3. The molecule has 0 aromatic rings. The molecule has 0 fully saturated rings. The highest BCUT2D eigenvalue weighted by molar-refractivity contribution is 5.81. The van der Waals surface area contributed by atoms with Crippen molar-refractivity contribution in [2.75, 3.05) is 7.05 Å². The van der Waals surface area contributed by atoms with Crippen LogP contribution < -0.4 is 5.73 Å². The molecule has 1 aliphatic rings. The Bertz CT molecular complexity index is 119. The Kier molecular flexibility index (Phi) is 1.12. The van der Waals surface area contributed by atoms with Crippen molar-refractivity contribution in [3.63, 3.8) is 0 Å². The average molecular weight is 113 g/mol. The number of hydrogen-bond donors (Lipinski definition) is 1. The normalized spacial score (nSPS) is 28.5. The van der Waals surface area contributed by atoms with Crippen molar-refractivity contribution in [3.8, 4) is 0 Å². The van der Waals surface area contributed by atoms with E-state index in [1.807, 2.05) is 12.1 Å². The fraction of sp³-hybridized carbons (Fsp3) is 0.800. The summed E-state index contributed by atoms with van der Waals surface area (Å²) in [6, 6.07) is 0.495. The zero-order chi connectivity index (χ0) is 6.15. The molecule has 0 amide bonds. The Morgan fingerprint density at radius 2 is 2.50 bits per heavy atom. The second-order valence-electron chi connectivity index (χ2n) is 2.22. The monoisotopic (exact) mass is 113 g/mol. The molecule has 1 aliphatic heterocycles. The van der Waals surface area contributed by atoms with Gasteiger partial charge in [-0.1, -0.05) is 0 Å². The topological polar surface area (TPSA) is 41.6 Å². The van der Waals surface area contributed by atoms with Crippen molar-refractivity contribution in [1.82, 2.24) is 5.01 Å². The molecule has 2 N–H and O–H groups in total. The fourth-order valence-electron chi connectivity index (χ4n) is 0.777. The molecule has 1 heterocycles. The van der Waals surface area contributed by atoms with Crippen LogP contribution >= 0.6 is 0 Å². The first-order valence-corrected chi connectivity index (χ1v) is 2.76. The predicted octanol–water partition coefficient (Wildman–Crippen LogP) is -0.0174. The first kappa shape index (κ1) is 5.41. The number of nitrogens with two attached hydrogens (primary N) is 1. The lowest BCUT2D eigenvalue weighted by Gasteiger charge is -2.11. The van der Waals surface area contributed by atoms with Gasteiger partial charge in [0, 0.05) is 13.5 Å². The van der Waals surface area contributed by atoms with Gasteiger partial charge in [0.1, 0.15) is 5.84 Å². The Morgan fingerprint density at radius 3 is 2.62 bits per heavy atom. The standard InChI is InChI=1S/C5H11N3/c1-4-3-5(6)7-8(4)2/h4H,3H2,1-2H3,(H2,6,7)/t4-/m1/s1. The van der Waals surface area contributed by atoms with Gasteiger partial charge >= 0.3 is 0 Å². The van der Waals surface area contributed by atoms with Gasteiger partial charge in [-0.15, -0.1) is 0 Å². The largest absolute Gasteiger partial charge is 0.386 e. The van der Waals surface area contributed by atoms with E-state index in [4.69, 9.17) is 5.73 Å². The summed E-state index contributed by atoms with van der Waals surface area (Å²) >= 11 is 0. The molecule has 1 atom stereocenters. The van der Waals surface area contributed by atoms with E-state index < -0.39 is 0 Å². The molecule has 0 radical (unpaired) electrons. The summed E-state index contributed by atoms with van der Waals surface area (Å²) in [7, 11) is 1.94. The van der Waals surface area contributed by atoms with Crippen molar-refractivity contribution in [1.29, 1.82) is 0 Å². The molecule has 46 valence electrons. The first-order valence-electron chi connectivity index (χ1n) is 2.76. The van der Waals surface area contributed by atoms with Crippen LogP contribution in [0.2, 0.25) is 0 Å². The van der Waals surface area contributed by atoms with E-state index >= 15 is 0 Å². The van der Waals surface area contributed by atoms with Crippen LogP contribution in [-0.4, -0.2) is 23.9 Å². The summed E-state index contributed by atoms with van der Waals surface area (Å²) in [6.07, 6.45) is 0.913. The third-order valence-corrected chi connectivity index (χ3v) is 1.43. The Balaban J connectivity index is 2.56. The van der Waals surface area contributed by atoms with Gasteiger partial charge < -0.3 is 5.73 Å². The molecule has 0 bridgehead atoms. The lowest BCUT2D eigenvalue weighted by atomic mass is 10.2. The number of nitrogens with zero attached hydrogens (tertiary/aromatic N) is 2. The van der Waals surface area contributed by atoms with Gasteiger partial charge in [-0.25, -0.2) is 0 Å². The summed E-state index contributed by atoms with van der Waals surface area (Å²) in [5.41, 5.74) is 5.42. The van der Waals surface area contributed by atoms with E-state index in [0.29, 0.717) is 6.04 Å². The van der Waals surface area contributed by atoms with E-state index in [-0.39, 0.29) is 0 Å². The van der Waals surface area contributed by atoms with Gasteiger partial charge in [0.15, 0.2) is 0 Å². The second kappa shape index (κ2) is 1.65. The summed E-state index contributed by atoms with van der Waals surface area (Å²) in [4.78, 5) is 0. The van der Waals surface area contributed by atoms with Crippen LogP contribution in [-0.2, 0) is 0 Å². The minimum absolute atomic E-state index is 0.495. The maximum Gasteiger partial charge on any atom is 0.121 e. The molecule has 0 aromatic heterocycles. The number of hydrogen-bond acceptors (Lipinski definition) is 3. The molecular weight excluding hydrogens is 102 g/mol. The van der Waals surface area contributed by atoms with Crippen LogP contribution in [0.5, 0.6) is 0 Å². The van der Waals surface area contributed by atoms with E-state index in [1.165, 1.54) is 0 Å². The van der Waals surface area contributed by atoms with Gasteiger partial charge in [-0.3, -0.25) is 5.01 Å². The van der Waals surface area contributed by atoms with Crippen LogP contribution in [0.15, 0.2) is 5.10 Å². The molecule has 3 nitrogen and oxygen atoms in total. The van der Waals surface area contributed by atoms with Crippen LogP contribution in [0.25, 0.3) is 0 Å². The molecule has 0 saturated carbocycles. The smallest absolute Gasteiger partial charge is 0.121 e. The van der Waals surface area contributed by atoms with Crippen LogP contribution in [0.4, 0.5) is 0 Å². The van der Waals surface area contributed by atoms with Crippen molar-refractivity contribution >= 4 is 5.84 Å². The van der Waals surface area contributed by atoms with Crippen LogP contribution in [0, 0.1) is 0 Å². The van der Waals surface area contributed by atoms with Gasteiger partial charge in [0.2, 0.25) is 0 Å². The Labute approximate surface area is 49.2 Å². The Morgan fingerprint density at radius 1 is 1.88 bits per heavy atom. The molecule has 1 rings (SSSR count). The lowest BCUT2D eigenvalue weighted by Crippen LogP contribution is -2.18. The third-order valence-electron chi connectivity index (χ3n) is 1.43. The molecule has 0 aromatic carbocycles. The molecule has 3 heteroatoms. The van der Waals surface area contributed by atoms with Gasteiger partial charge in [0.05, 0.1) is 6.04 Å². The first-order chi connectivity index (χ1) is 3.70. The highest BCUT2D eigenvalue weighted by Gasteiger charge is 2.15. The maximum atomic E-state index is 5.42. The van der Waals surface area contributed by atoms with Crippen LogP contribution in [0.1, 0.15) is 13.3 Å². The summed E-state index contributed by atoms with van der Waals surface area (Å²) in [5.74, 6) is 0.750. The third kappa shape index (κ3) is 0.757. The molecule has 0 unspecified atom stereocenters. The summed E-state index contributed by atoms with van der Waals surface area (Å²) < 4.78 is 0. The highest BCUT2D eigenvalue weighted by Crippen LogP contribution is 2.08. The second-order valence-corrected chi connectivity index (χ2v) is 2.22. The minimum Gasteiger partial charge on any atom is -0.386 e. The summed E-state index contributed by atoms with van der Waals surface area (Å²) in [6.45, 7) is 2.10. The van der Waals surface area contributed by atoms with Gasteiger partial charge in [0.25, 0.3) is 0 Å². The van der Waals surface area contributed by atoms with Gasteiger partial charge in [-0.05, 0) is 6.92 Å². The van der Waals surface area contributed by atoms with E-state index in [1.54, 1.807) is 0 Å². The minimum atomic E-state index is 0.495. The Hall–Kier alpha value is -0.730. The zero-order valence-electron chi connectivity index (χ0n) is 5.26. The SMILES string of the molecule is C[C@@H]1CC(N)=NN1C. The van der Waals surface area contributed by atoms with Crippen molar-refractivity contribution < 1.29 is 0 Å². The average Bonchev–Trinajstić information content (AvgIpc) is 1.85. The fourth-order valence-corrected chi connectivity index (χ4v) is 0.777. The predicted molar refractivity (Wildman–Crippen MR) is 33.5 cm³/mol. The van der Waals surface area contributed by atoms with Gasteiger partial charge in [-0.2, -0.15) is 5.10 Å². The quantitative estimate of drug-likeness (QED) is 0.479. The molecule has 0 saturated heterocycles. The summed E-state index contributed by atoms with van der Waals surface area (Å²) in [5, 5.41) is 5.88. The number of hydrazone groups is 1. The number of amidine groups is 1. The number of rotatable bonds is 0. The highest BCUT2D eigenvalue weighted by atomic mass is 15.5. The van der Waals surface area contributed by atoms with Crippen LogP contribution in [0.3, 0.4) is 0 Å². The van der Waals surface area contributed by atoms with Crippen molar-refractivity contribution in [2.45, 2.75) is 19.4 Å². The van der Waals surface area contributed by atoms with Crippen molar-refractivity contribution in [3.05, 3.63) is 0 Å². The molecule has 8 heavy (non-hydrogen) atoms. The van der Waals surface area contributed by atoms with Crippen molar-refractivity contribution in [2.24, 2.45) is 10.8 Å². The maximum absolute atomic E-state index is 5.42. The van der Waals surface area contributed by atoms with E-state index in [2.05, 4.69) is 12.0 Å². The molecule has 0 aliphatic carbocycles. The van der Waals surface area contributed by atoms with E-state index in [9.17, 15) is 0 Å². The molecule has 0 spiro atoms. The lowest BCUT2D eigenvalue weighted by molar-refractivity contribution is 0.303. The zero-order valence-corrected chi connectivity index (χ0v) is 5.26. The van der Waals surface area contributed by atoms with E-state index in [0.717, 1.165) is 12.3 Å².